The third-order valence-electron chi connectivity index (χ3n) is 7.11. The monoisotopic (exact) mass is 439 g/mol. The van der Waals surface area contributed by atoms with Gasteiger partial charge in [-0.1, -0.05) is 19.4 Å². The van der Waals surface area contributed by atoms with Gasteiger partial charge < -0.3 is 19.2 Å². The minimum atomic E-state index is -0.599. The topological polar surface area (TPSA) is 80.0 Å². The summed E-state index contributed by atoms with van der Waals surface area (Å²) in [5.74, 6) is 0.835. The van der Waals surface area contributed by atoms with Gasteiger partial charge in [-0.2, -0.15) is 0 Å². The average Bonchev–Trinajstić information content (AvgIpc) is 2.76. The number of carbonyl (C=O) groups is 1. The molecule has 32 heavy (non-hydrogen) atoms. The summed E-state index contributed by atoms with van der Waals surface area (Å²) >= 11 is 0. The molecule has 6 heteroatoms. The van der Waals surface area contributed by atoms with Gasteiger partial charge in [-0.3, -0.25) is 4.79 Å². The molecule has 172 valence electrons. The third kappa shape index (κ3) is 4.60. The maximum Gasteiger partial charge on any atom is 0.339 e. The van der Waals surface area contributed by atoms with E-state index in [1.165, 1.54) is 0 Å². The van der Waals surface area contributed by atoms with Crippen molar-refractivity contribution in [1.82, 2.24) is 4.90 Å². The van der Waals surface area contributed by atoms with Crippen LogP contribution in [0.3, 0.4) is 0 Å². The van der Waals surface area contributed by atoms with E-state index in [2.05, 4.69) is 6.58 Å². The summed E-state index contributed by atoms with van der Waals surface area (Å²) in [6.45, 7) is 9.22. The standard InChI is InChI=1S/C26H33NO5/c1-17(2)16-31-20-7-8-21-18(3)22(25(29)32-23(21)14-20)9-10-24(28)27-13-12-26(30)11-5-4-6-19(26)15-27/h7-8,14,19,30H,1,4-6,9-13,15-16H2,2-3H3/t19-,26-/m0/s1. The normalized spacial score (nSPS) is 23.1. The number of ether oxygens (including phenoxy) is 1. The summed E-state index contributed by atoms with van der Waals surface area (Å²) in [6, 6.07) is 5.47. The van der Waals surface area contributed by atoms with E-state index in [0.717, 1.165) is 42.2 Å². The molecule has 1 aromatic carbocycles. The fourth-order valence-corrected chi connectivity index (χ4v) is 5.15. The van der Waals surface area contributed by atoms with Gasteiger partial charge in [0.05, 0.1) is 5.60 Å². The molecule has 1 amide bonds. The molecule has 2 aromatic rings. The van der Waals surface area contributed by atoms with E-state index in [-0.39, 0.29) is 18.2 Å². The van der Waals surface area contributed by atoms with Gasteiger partial charge >= 0.3 is 5.63 Å². The smallest absolute Gasteiger partial charge is 0.339 e. The predicted molar refractivity (Wildman–Crippen MR) is 124 cm³/mol. The second kappa shape index (κ2) is 9.10. The maximum atomic E-state index is 12.9. The Morgan fingerprint density at radius 3 is 2.94 bits per heavy atom. The number of rotatable bonds is 6. The van der Waals surface area contributed by atoms with Gasteiger partial charge in [0, 0.05) is 42.4 Å². The molecule has 0 radical (unpaired) electrons. The number of fused-ring (bicyclic) bond motifs is 2. The average molecular weight is 440 g/mol. The Morgan fingerprint density at radius 1 is 1.34 bits per heavy atom. The van der Waals surface area contributed by atoms with Crippen molar-refractivity contribution < 1.29 is 19.1 Å². The van der Waals surface area contributed by atoms with E-state index in [9.17, 15) is 14.7 Å². The van der Waals surface area contributed by atoms with Crippen LogP contribution in [0.15, 0.2) is 39.6 Å². The number of benzene rings is 1. The zero-order valence-corrected chi connectivity index (χ0v) is 19.1. The molecule has 4 rings (SSSR count). The van der Waals surface area contributed by atoms with Crippen LogP contribution in [-0.4, -0.2) is 41.2 Å². The first-order valence-corrected chi connectivity index (χ1v) is 11.6. The van der Waals surface area contributed by atoms with E-state index in [1.54, 1.807) is 6.07 Å². The molecule has 0 bridgehead atoms. The lowest BCUT2D eigenvalue weighted by Crippen LogP contribution is -2.54. The molecular weight excluding hydrogens is 406 g/mol. The maximum absolute atomic E-state index is 12.9. The molecule has 2 atom stereocenters. The molecule has 2 aliphatic rings. The molecule has 1 aliphatic carbocycles. The Bertz CT molecular complexity index is 1090. The fourth-order valence-electron chi connectivity index (χ4n) is 5.15. The summed E-state index contributed by atoms with van der Waals surface area (Å²) in [5, 5.41) is 11.7. The van der Waals surface area contributed by atoms with Crippen molar-refractivity contribution in [2.24, 2.45) is 5.92 Å². The molecule has 1 saturated carbocycles. The van der Waals surface area contributed by atoms with Crippen LogP contribution in [0.2, 0.25) is 0 Å². The quantitative estimate of drug-likeness (QED) is 0.540. The molecule has 1 aromatic heterocycles. The van der Waals surface area contributed by atoms with Crippen molar-refractivity contribution in [1.29, 1.82) is 0 Å². The Labute approximate surface area is 188 Å². The molecule has 6 nitrogen and oxygen atoms in total. The first kappa shape index (κ1) is 22.6. The second-order valence-corrected chi connectivity index (χ2v) is 9.53. The second-order valence-electron chi connectivity index (χ2n) is 9.53. The summed E-state index contributed by atoms with van der Waals surface area (Å²) in [7, 11) is 0. The largest absolute Gasteiger partial charge is 0.489 e. The van der Waals surface area contributed by atoms with Crippen LogP contribution in [0.25, 0.3) is 11.0 Å². The van der Waals surface area contributed by atoms with Crippen LogP contribution < -0.4 is 10.4 Å². The number of carbonyl (C=O) groups excluding carboxylic acids is 1. The molecule has 1 N–H and O–H groups in total. The molecular formula is C26H33NO5. The number of aliphatic hydroxyl groups is 1. The van der Waals surface area contributed by atoms with Crippen LogP contribution in [0, 0.1) is 12.8 Å². The number of piperidine rings is 1. The van der Waals surface area contributed by atoms with Gasteiger partial charge in [-0.05, 0) is 62.8 Å². The van der Waals surface area contributed by atoms with Crippen molar-refractivity contribution in [2.45, 2.75) is 64.4 Å². The van der Waals surface area contributed by atoms with Gasteiger partial charge in [-0.15, -0.1) is 0 Å². The minimum Gasteiger partial charge on any atom is -0.489 e. The van der Waals surface area contributed by atoms with Crippen LogP contribution in [0.1, 0.15) is 56.6 Å². The highest BCUT2D eigenvalue weighted by Crippen LogP contribution is 2.39. The number of hydrogen-bond donors (Lipinski definition) is 1. The van der Waals surface area contributed by atoms with E-state index in [1.807, 2.05) is 30.9 Å². The van der Waals surface area contributed by atoms with Crippen molar-refractivity contribution in [3.8, 4) is 5.75 Å². The van der Waals surface area contributed by atoms with Gasteiger partial charge in [0.15, 0.2) is 0 Å². The Morgan fingerprint density at radius 2 is 2.16 bits per heavy atom. The first-order valence-electron chi connectivity index (χ1n) is 11.6. The predicted octanol–water partition coefficient (Wildman–Crippen LogP) is 4.14. The number of aryl methyl sites for hydroxylation is 1. The molecule has 2 fully saturated rings. The van der Waals surface area contributed by atoms with Crippen molar-refractivity contribution in [3.63, 3.8) is 0 Å². The third-order valence-corrected chi connectivity index (χ3v) is 7.11. The summed E-state index contributed by atoms with van der Waals surface area (Å²) < 4.78 is 11.2. The van der Waals surface area contributed by atoms with Gasteiger partial charge in [-0.25, -0.2) is 4.79 Å². The summed E-state index contributed by atoms with van der Waals surface area (Å²) in [5.41, 5.74) is 1.78. The number of amides is 1. The van der Waals surface area contributed by atoms with Crippen LogP contribution in [-0.2, 0) is 11.2 Å². The minimum absolute atomic E-state index is 0.0417. The van der Waals surface area contributed by atoms with Crippen LogP contribution in [0.5, 0.6) is 5.75 Å². The SMILES string of the molecule is C=C(C)COc1ccc2c(C)c(CCC(=O)N3CC[C@@]4(O)CCCC[C@H]4C3)c(=O)oc2c1. The number of nitrogens with zero attached hydrogens (tertiary/aromatic N) is 1. The zero-order valence-electron chi connectivity index (χ0n) is 19.1. The lowest BCUT2D eigenvalue weighted by Gasteiger charge is -2.47. The molecule has 1 aliphatic heterocycles. The van der Waals surface area contributed by atoms with Crippen molar-refractivity contribution >= 4 is 16.9 Å². The van der Waals surface area contributed by atoms with Gasteiger partial charge in [0.1, 0.15) is 17.9 Å². The molecule has 0 spiro atoms. The Hall–Kier alpha value is -2.60. The lowest BCUT2D eigenvalue weighted by molar-refractivity contribution is -0.143. The molecule has 0 unspecified atom stereocenters. The first-order chi connectivity index (χ1) is 15.3. The highest BCUT2D eigenvalue weighted by atomic mass is 16.5. The van der Waals surface area contributed by atoms with E-state index >= 15 is 0 Å². The van der Waals surface area contributed by atoms with E-state index in [4.69, 9.17) is 9.15 Å². The summed E-state index contributed by atoms with van der Waals surface area (Å²) in [4.78, 5) is 27.4. The van der Waals surface area contributed by atoms with Crippen molar-refractivity contribution in [3.05, 3.63) is 51.9 Å². The Kier molecular flexibility index (Phi) is 6.42. The van der Waals surface area contributed by atoms with Crippen LogP contribution in [0.4, 0.5) is 0 Å². The van der Waals surface area contributed by atoms with E-state index in [0.29, 0.717) is 49.4 Å². The van der Waals surface area contributed by atoms with Crippen molar-refractivity contribution in [2.75, 3.05) is 19.7 Å². The Balaban J connectivity index is 1.44. The summed E-state index contributed by atoms with van der Waals surface area (Å²) in [6.07, 6.45) is 5.27. The molecule has 1 saturated heterocycles. The lowest BCUT2D eigenvalue weighted by atomic mass is 9.71. The molecule has 2 heterocycles. The highest BCUT2D eigenvalue weighted by Gasteiger charge is 2.43. The van der Waals surface area contributed by atoms with Gasteiger partial charge in [0.2, 0.25) is 5.91 Å². The van der Waals surface area contributed by atoms with Crippen LogP contribution >= 0.6 is 0 Å². The zero-order chi connectivity index (χ0) is 22.9. The van der Waals surface area contributed by atoms with Gasteiger partial charge in [0.25, 0.3) is 0 Å². The number of hydrogen-bond acceptors (Lipinski definition) is 5. The highest BCUT2D eigenvalue weighted by molar-refractivity contribution is 5.83. The van der Waals surface area contributed by atoms with E-state index < -0.39 is 11.2 Å². The number of likely N-dealkylation sites (tertiary alicyclic amines) is 1. The fraction of sp³-hybridized carbons (Fsp3) is 0.538.